The number of H-pyrrole nitrogens is 1. The van der Waals surface area contributed by atoms with Crippen LogP contribution in [0.4, 0.5) is 5.69 Å². The molecule has 4 aromatic rings. The number of rotatable bonds is 5. The zero-order valence-electron chi connectivity index (χ0n) is 19.9. The summed E-state index contributed by atoms with van der Waals surface area (Å²) in [6.07, 6.45) is 2.53. The first-order valence-electron chi connectivity index (χ1n) is 10.7. The van der Waals surface area contributed by atoms with Crippen molar-refractivity contribution >= 4 is 26.5 Å². The van der Waals surface area contributed by atoms with Gasteiger partial charge in [0.25, 0.3) is 5.56 Å². The van der Waals surface area contributed by atoms with Crippen molar-refractivity contribution in [3.63, 3.8) is 0 Å². The average Bonchev–Trinajstić information content (AvgIpc) is 2.77. The Morgan fingerprint density at radius 3 is 2.40 bits per heavy atom. The number of nitrogens with zero attached hydrogens (tertiary/aromatic N) is 1. The second kappa shape index (κ2) is 8.70. The molecule has 0 unspecified atom stereocenters. The van der Waals surface area contributed by atoms with Gasteiger partial charge in [-0.15, -0.1) is 0 Å². The van der Waals surface area contributed by atoms with Gasteiger partial charge < -0.3 is 9.15 Å². The number of hydrogen-bond acceptors (Lipinski definition) is 7. The molecule has 0 aliphatic carbocycles. The highest BCUT2D eigenvalue weighted by Gasteiger charge is 2.25. The molecular formula is C25H25N3O6S. The van der Waals surface area contributed by atoms with Crippen LogP contribution in [-0.2, 0) is 15.4 Å². The molecule has 2 heterocycles. The molecule has 0 amide bonds. The molecule has 0 spiro atoms. The van der Waals surface area contributed by atoms with Crippen LogP contribution in [0, 0.1) is 0 Å². The van der Waals surface area contributed by atoms with Crippen LogP contribution in [0.15, 0.2) is 62.7 Å². The molecule has 35 heavy (non-hydrogen) atoms. The lowest BCUT2D eigenvalue weighted by Crippen LogP contribution is -2.15. The van der Waals surface area contributed by atoms with Crippen LogP contribution in [0.5, 0.6) is 5.75 Å². The normalized spacial score (nSPS) is 12.0. The Hall–Kier alpha value is -3.92. The number of benzene rings is 2. The van der Waals surface area contributed by atoms with Gasteiger partial charge in [0.2, 0.25) is 10.0 Å². The zero-order chi connectivity index (χ0) is 25.5. The van der Waals surface area contributed by atoms with E-state index in [1.165, 1.54) is 19.4 Å². The van der Waals surface area contributed by atoms with E-state index in [-0.39, 0.29) is 27.8 Å². The number of methoxy groups -OCH3 is 1. The molecule has 4 rings (SSSR count). The molecular weight excluding hydrogens is 470 g/mol. The van der Waals surface area contributed by atoms with E-state index >= 15 is 0 Å². The summed E-state index contributed by atoms with van der Waals surface area (Å²) >= 11 is 0. The molecule has 9 nitrogen and oxygen atoms in total. The highest BCUT2D eigenvalue weighted by atomic mass is 32.2. The highest BCUT2D eigenvalue weighted by molar-refractivity contribution is 7.92. The molecule has 0 saturated carbocycles. The summed E-state index contributed by atoms with van der Waals surface area (Å²) in [7, 11) is -1.97. The maximum absolute atomic E-state index is 12.9. The van der Waals surface area contributed by atoms with Crippen molar-refractivity contribution in [1.82, 2.24) is 10.2 Å². The lowest BCUT2D eigenvalue weighted by atomic mass is 9.83. The number of ether oxygens (including phenoxy) is 1. The molecule has 2 N–H and O–H groups in total. The van der Waals surface area contributed by atoms with Gasteiger partial charge in [-0.3, -0.25) is 9.52 Å². The van der Waals surface area contributed by atoms with Gasteiger partial charge in [0.1, 0.15) is 11.5 Å². The quantitative estimate of drug-likeness (QED) is 0.429. The first-order valence-corrected chi connectivity index (χ1v) is 12.6. The number of aromatic amines is 1. The monoisotopic (exact) mass is 495 g/mol. The van der Waals surface area contributed by atoms with Crippen molar-refractivity contribution in [3.05, 3.63) is 75.0 Å². The van der Waals surface area contributed by atoms with Gasteiger partial charge in [-0.05, 0) is 52.8 Å². The van der Waals surface area contributed by atoms with Crippen LogP contribution in [0.2, 0.25) is 0 Å². The first-order chi connectivity index (χ1) is 16.4. The summed E-state index contributed by atoms with van der Waals surface area (Å²) in [6.45, 7) is 6.05. The van der Waals surface area contributed by atoms with Gasteiger partial charge in [0, 0.05) is 17.4 Å². The van der Waals surface area contributed by atoms with Crippen LogP contribution >= 0.6 is 0 Å². The molecule has 2 aromatic heterocycles. The van der Waals surface area contributed by atoms with Crippen molar-refractivity contribution in [1.29, 1.82) is 0 Å². The third kappa shape index (κ3) is 4.97. The maximum atomic E-state index is 12.9. The standard InChI is InChI=1S/C25H25N3O6S/c1-25(2,3)20-11-15(17-8-9-26-27-23(17)29)10-19(22(20)33-4)21-12-14-6-7-16(28-35(5,31)32)13-18(14)24(30)34-21/h6-13,28H,1-5H3,(H,27,29). The fourth-order valence-electron chi connectivity index (χ4n) is 3.91. The van der Waals surface area contributed by atoms with Crippen molar-refractivity contribution in [3.8, 4) is 28.2 Å². The highest BCUT2D eigenvalue weighted by Crippen LogP contribution is 2.42. The number of anilines is 1. The molecule has 0 bridgehead atoms. The lowest BCUT2D eigenvalue weighted by Gasteiger charge is -2.25. The van der Waals surface area contributed by atoms with Crippen LogP contribution in [0.25, 0.3) is 33.2 Å². The molecule has 182 valence electrons. The SMILES string of the molecule is COc1c(-c2cc3ccc(NS(C)(=O)=O)cc3c(=O)o2)cc(-c2ccn[nH]c2=O)cc1C(C)(C)C. The molecule has 2 aromatic carbocycles. The van der Waals surface area contributed by atoms with Gasteiger partial charge in [0.05, 0.1) is 29.9 Å². The largest absolute Gasteiger partial charge is 0.496 e. The number of fused-ring (bicyclic) bond motifs is 1. The predicted molar refractivity (Wildman–Crippen MR) is 135 cm³/mol. The summed E-state index contributed by atoms with van der Waals surface area (Å²) in [5, 5.41) is 6.98. The fourth-order valence-corrected chi connectivity index (χ4v) is 4.47. The Kier molecular flexibility index (Phi) is 6.02. The number of aromatic nitrogens is 2. The van der Waals surface area contributed by atoms with E-state index in [2.05, 4.69) is 14.9 Å². The smallest absolute Gasteiger partial charge is 0.344 e. The molecule has 0 atom stereocenters. The van der Waals surface area contributed by atoms with Crippen LogP contribution in [0.3, 0.4) is 0 Å². The lowest BCUT2D eigenvalue weighted by molar-refractivity contribution is 0.397. The third-order valence-corrected chi connectivity index (χ3v) is 6.08. The molecule has 0 saturated heterocycles. The predicted octanol–water partition coefficient (Wildman–Crippen LogP) is 3.89. The minimum atomic E-state index is -3.50. The Balaban J connectivity index is 1.99. The van der Waals surface area contributed by atoms with E-state index < -0.39 is 15.6 Å². The summed E-state index contributed by atoms with van der Waals surface area (Å²) in [5.74, 6) is 0.769. The Morgan fingerprint density at radius 1 is 1.03 bits per heavy atom. The maximum Gasteiger partial charge on any atom is 0.344 e. The van der Waals surface area contributed by atoms with E-state index in [0.29, 0.717) is 27.8 Å². The molecule has 0 aliphatic rings. The second-order valence-corrected chi connectivity index (χ2v) is 11.0. The van der Waals surface area contributed by atoms with E-state index in [1.807, 2.05) is 26.8 Å². The average molecular weight is 496 g/mol. The Morgan fingerprint density at radius 2 is 1.77 bits per heavy atom. The van der Waals surface area contributed by atoms with E-state index in [1.54, 1.807) is 30.3 Å². The third-order valence-electron chi connectivity index (χ3n) is 5.47. The molecule has 0 aliphatic heterocycles. The van der Waals surface area contributed by atoms with E-state index in [9.17, 15) is 18.0 Å². The zero-order valence-corrected chi connectivity index (χ0v) is 20.7. The van der Waals surface area contributed by atoms with Crippen LogP contribution < -0.4 is 20.6 Å². The van der Waals surface area contributed by atoms with Crippen LogP contribution in [0.1, 0.15) is 26.3 Å². The summed E-state index contributed by atoms with van der Waals surface area (Å²) in [5.41, 5.74) is 1.25. The second-order valence-electron chi connectivity index (χ2n) is 9.23. The van der Waals surface area contributed by atoms with Gasteiger partial charge in [-0.1, -0.05) is 26.8 Å². The van der Waals surface area contributed by atoms with Gasteiger partial charge in [0.15, 0.2) is 0 Å². The number of nitrogens with one attached hydrogen (secondary N) is 2. The van der Waals surface area contributed by atoms with Crippen molar-refractivity contribution in [2.75, 3.05) is 18.1 Å². The van der Waals surface area contributed by atoms with Gasteiger partial charge in [-0.25, -0.2) is 18.3 Å². The molecule has 0 fully saturated rings. The number of sulfonamides is 1. The van der Waals surface area contributed by atoms with Crippen molar-refractivity contribution in [2.45, 2.75) is 26.2 Å². The Labute approximate surface area is 201 Å². The summed E-state index contributed by atoms with van der Waals surface area (Å²) < 4.78 is 36.9. The molecule has 0 radical (unpaired) electrons. The van der Waals surface area contributed by atoms with Crippen molar-refractivity contribution in [2.24, 2.45) is 0 Å². The molecule has 10 heteroatoms. The summed E-state index contributed by atoms with van der Waals surface area (Å²) in [4.78, 5) is 25.4. The van der Waals surface area contributed by atoms with Crippen LogP contribution in [-0.4, -0.2) is 32.0 Å². The van der Waals surface area contributed by atoms with Crippen molar-refractivity contribution < 1.29 is 17.6 Å². The topological polar surface area (TPSA) is 131 Å². The van der Waals surface area contributed by atoms with E-state index in [0.717, 1.165) is 11.8 Å². The number of hydrogen-bond donors (Lipinski definition) is 2. The Bertz CT molecular complexity index is 1660. The first kappa shape index (κ1) is 24.2. The minimum Gasteiger partial charge on any atom is -0.496 e. The summed E-state index contributed by atoms with van der Waals surface area (Å²) in [6, 6.07) is 11.6. The fraction of sp³-hybridized carbons (Fsp3) is 0.240. The van der Waals surface area contributed by atoms with Gasteiger partial charge in [-0.2, -0.15) is 5.10 Å². The van der Waals surface area contributed by atoms with E-state index in [4.69, 9.17) is 9.15 Å². The van der Waals surface area contributed by atoms with Gasteiger partial charge >= 0.3 is 5.63 Å². The minimum absolute atomic E-state index is 0.221.